The average molecular weight is 409 g/mol. The number of benzene rings is 1. The Morgan fingerprint density at radius 2 is 1.89 bits per heavy atom. The van der Waals surface area contributed by atoms with Gasteiger partial charge >= 0.3 is 6.03 Å². The van der Waals surface area contributed by atoms with Crippen molar-refractivity contribution in [1.29, 1.82) is 0 Å². The van der Waals surface area contributed by atoms with Gasteiger partial charge in [-0.25, -0.2) is 17.9 Å². The maximum absolute atomic E-state index is 12.3. The van der Waals surface area contributed by atoms with Gasteiger partial charge in [-0.1, -0.05) is 6.07 Å². The molecule has 3 heterocycles. The molecular weight excluding hydrogens is 390 g/mol. The van der Waals surface area contributed by atoms with E-state index in [2.05, 4.69) is 9.62 Å². The molecule has 1 fully saturated rings. The lowest BCUT2D eigenvalue weighted by atomic mass is 10.1. The van der Waals surface area contributed by atoms with Crippen LogP contribution in [-0.4, -0.2) is 57.2 Å². The van der Waals surface area contributed by atoms with Gasteiger partial charge in [0.1, 0.15) is 0 Å². The van der Waals surface area contributed by atoms with Crippen molar-refractivity contribution in [3.8, 4) is 11.5 Å². The van der Waals surface area contributed by atoms with Gasteiger partial charge in [0.2, 0.25) is 6.79 Å². The minimum absolute atomic E-state index is 0.113. The van der Waals surface area contributed by atoms with Gasteiger partial charge in [0, 0.05) is 38.1 Å². The molecule has 0 saturated carbocycles. The van der Waals surface area contributed by atoms with Crippen molar-refractivity contribution < 1.29 is 22.7 Å². The molecule has 10 heteroatoms. The van der Waals surface area contributed by atoms with Gasteiger partial charge in [0.25, 0.3) is 10.0 Å². The lowest BCUT2D eigenvalue weighted by Gasteiger charge is -2.34. The van der Waals surface area contributed by atoms with Gasteiger partial charge < -0.3 is 14.4 Å². The van der Waals surface area contributed by atoms with Crippen LogP contribution >= 0.6 is 11.3 Å². The number of piperazine rings is 1. The quantitative estimate of drug-likeness (QED) is 0.827. The van der Waals surface area contributed by atoms with E-state index in [9.17, 15) is 13.2 Å². The monoisotopic (exact) mass is 409 g/mol. The number of nitrogens with zero attached hydrogens (tertiary/aromatic N) is 2. The van der Waals surface area contributed by atoms with E-state index in [0.717, 1.165) is 23.6 Å². The van der Waals surface area contributed by atoms with Gasteiger partial charge in [-0.3, -0.25) is 4.90 Å². The predicted octanol–water partition coefficient (Wildman–Crippen LogP) is 1.69. The molecule has 4 rings (SSSR count). The summed E-state index contributed by atoms with van der Waals surface area (Å²) < 4.78 is 37.2. The first-order valence-electron chi connectivity index (χ1n) is 8.46. The number of rotatable bonds is 4. The summed E-state index contributed by atoms with van der Waals surface area (Å²) in [5.74, 6) is 1.51. The number of carbonyl (C=O) groups excluding carboxylic acids is 1. The molecule has 1 aromatic heterocycles. The van der Waals surface area contributed by atoms with E-state index in [1.165, 1.54) is 27.7 Å². The zero-order chi connectivity index (χ0) is 18.9. The number of thiophene rings is 1. The fourth-order valence-corrected chi connectivity index (χ4v) is 5.05. The molecule has 0 spiro atoms. The summed E-state index contributed by atoms with van der Waals surface area (Å²) in [5, 5.41) is 3.16. The van der Waals surface area contributed by atoms with Crippen LogP contribution in [0.15, 0.2) is 39.9 Å². The minimum atomic E-state index is -3.80. The van der Waals surface area contributed by atoms with Crippen LogP contribution in [0.2, 0.25) is 0 Å². The molecule has 8 nitrogen and oxygen atoms in total. The Balaban J connectivity index is 1.30. The Bertz CT molecular complexity index is 922. The second kappa shape index (κ2) is 7.37. The molecule has 2 aliphatic rings. The van der Waals surface area contributed by atoms with Crippen molar-refractivity contribution in [3.05, 3.63) is 40.6 Å². The van der Waals surface area contributed by atoms with Crippen LogP contribution in [0.4, 0.5) is 4.79 Å². The molecule has 0 aliphatic carbocycles. The van der Waals surface area contributed by atoms with Crippen LogP contribution in [0.1, 0.15) is 5.56 Å². The van der Waals surface area contributed by atoms with E-state index < -0.39 is 16.1 Å². The van der Waals surface area contributed by atoms with Crippen molar-refractivity contribution in [3.63, 3.8) is 0 Å². The highest BCUT2D eigenvalue weighted by Crippen LogP contribution is 2.32. The number of hydrogen-bond donors (Lipinski definition) is 1. The number of amides is 2. The number of urea groups is 1. The van der Waals surface area contributed by atoms with Crippen LogP contribution in [0.5, 0.6) is 11.5 Å². The maximum atomic E-state index is 12.3. The van der Waals surface area contributed by atoms with Crippen molar-refractivity contribution in [2.75, 3.05) is 33.0 Å². The maximum Gasteiger partial charge on any atom is 0.331 e. The highest BCUT2D eigenvalue weighted by atomic mass is 32.2. The number of sulfonamides is 1. The molecule has 0 bridgehead atoms. The fraction of sp³-hybridized carbons (Fsp3) is 0.353. The normalized spacial score (nSPS) is 17.1. The summed E-state index contributed by atoms with van der Waals surface area (Å²) in [5.41, 5.74) is 1.11. The van der Waals surface area contributed by atoms with E-state index in [1.54, 1.807) is 5.38 Å². The summed E-state index contributed by atoms with van der Waals surface area (Å²) in [7, 11) is -3.80. The summed E-state index contributed by atoms with van der Waals surface area (Å²) in [6.45, 7) is 3.26. The second-order valence-corrected chi connectivity index (χ2v) is 8.78. The van der Waals surface area contributed by atoms with Crippen molar-refractivity contribution in [2.24, 2.45) is 0 Å². The van der Waals surface area contributed by atoms with E-state index in [1.807, 2.05) is 18.2 Å². The molecule has 1 saturated heterocycles. The number of nitrogens with one attached hydrogen (secondary N) is 1. The molecule has 0 radical (unpaired) electrons. The summed E-state index contributed by atoms with van der Waals surface area (Å²) in [4.78, 5) is 16.1. The molecule has 0 atom stereocenters. The topological polar surface area (TPSA) is 88.2 Å². The summed E-state index contributed by atoms with van der Waals surface area (Å²) in [6.07, 6.45) is 0. The highest BCUT2D eigenvalue weighted by molar-refractivity contribution is 7.90. The third-order valence-corrected chi connectivity index (χ3v) is 6.68. The van der Waals surface area contributed by atoms with Crippen molar-refractivity contribution >= 4 is 27.4 Å². The van der Waals surface area contributed by atoms with Gasteiger partial charge in [-0.15, -0.1) is 0 Å². The minimum Gasteiger partial charge on any atom is -0.454 e. The third-order valence-electron chi connectivity index (χ3n) is 4.53. The van der Waals surface area contributed by atoms with Crippen LogP contribution in [-0.2, 0) is 16.6 Å². The molecule has 2 amide bonds. The van der Waals surface area contributed by atoms with Crippen molar-refractivity contribution in [2.45, 2.75) is 11.4 Å². The Labute approximate surface area is 161 Å². The summed E-state index contributed by atoms with van der Waals surface area (Å²) in [6, 6.07) is 6.76. The number of fused-ring (bicyclic) bond motifs is 1. The first kappa shape index (κ1) is 18.1. The molecule has 2 aliphatic heterocycles. The van der Waals surface area contributed by atoms with Crippen LogP contribution in [0.25, 0.3) is 0 Å². The van der Waals surface area contributed by atoms with Gasteiger partial charge in [0.15, 0.2) is 11.5 Å². The van der Waals surface area contributed by atoms with Gasteiger partial charge in [-0.2, -0.15) is 11.3 Å². The molecule has 144 valence electrons. The van der Waals surface area contributed by atoms with E-state index in [4.69, 9.17) is 9.47 Å². The zero-order valence-corrected chi connectivity index (χ0v) is 16.1. The molecule has 27 heavy (non-hydrogen) atoms. The zero-order valence-electron chi connectivity index (χ0n) is 14.5. The Morgan fingerprint density at radius 3 is 2.63 bits per heavy atom. The first-order valence-corrected chi connectivity index (χ1v) is 10.9. The second-order valence-electron chi connectivity index (χ2n) is 6.32. The SMILES string of the molecule is O=C(NS(=O)(=O)c1ccsc1)N1CCN(Cc2ccc3c(c2)OCO3)CC1. The van der Waals surface area contributed by atoms with Gasteiger partial charge in [-0.05, 0) is 29.1 Å². The first-order chi connectivity index (χ1) is 13.0. The fourth-order valence-electron chi connectivity index (χ4n) is 3.05. The van der Waals surface area contributed by atoms with Crippen LogP contribution < -0.4 is 14.2 Å². The Hall–Kier alpha value is -2.30. The largest absolute Gasteiger partial charge is 0.454 e. The van der Waals surface area contributed by atoms with E-state index in [0.29, 0.717) is 26.2 Å². The van der Waals surface area contributed by atoms with Crippen molar-refractivity contribution in [1.82, 2.24) is 14.5 Å². The van der Waals surface area contributed by atoms with Gasteiger partial charge in [0.05, 0.1) is 4.90 Å². The molecule has 0 unspecified atom stereocenters. The smallest absolute Gasteiger partial charge is 0.331 e. The lowest BCUT2D eigenvalue weighted by molar-refractivity contribution is 0.138. The predicted molar refractivity (Wildman–Crippen MR) is 99.5 cm³/mol. The number of hydrogen-bond acceptors (Lipinski definition) is 7. The standard InChI is InChI=1S/C17H19N3O5S2/c21-17(18-27(22,23)14-3-8-26-11-14)20-6-4-19(5-7-20)10-13-1-2-15-16(9-13)25-12-24-15/h1-3,8-9,11H,4-7,10,12H2,(H,18,21). The number of ether oxygens (including phenoxy) is 2. The third kappa shape index (κ3) is 4.02. The van der Waals surface area contributed by atoms with E-state index in [-0.39, 0.29) is 11.7 Å². The molecule has 1 N–H and O–H groups in total. The average Bonchev–Trinajstić information content (AvgIpc) is 3.34. The van der Waals surface area contributed by atoms with Crippen LogP contribution in [0.3, 0.4) is 0 Å². The van der Waals surface area contributed by atoms with Crippen LogP contribution in [0, 0.1) is 0 Å². The Morgan fingerprint density at radius 1 is 1.11 bits per heavy atom. The molecular formula is C17H19N3O5S2. The summed E-state index contributed by atoms with van der Waals surface area (Å²) >= 11 is 1.27. The lowest BCUT2D eigenvalue weighted by Crippen LogP contribution is -2.52. The Kier molecular flexibility index (Phi) is 4.94. The highest BCUT2D eigenvalue weighted by Gasteiger charge is 2.26. The molecule has 2 aromatic rings. The molecule has 1 aromatic carbocycles. The number of carbonyl (C=O) groups is 1. The van der Waals surface area contributed by atoms with E-state index >= 15 is 0 Å².